The number of benzene rings is 1. The average Bonchev–Trinajstić information content (AvgIpc) is 2.28. The van der Waals surface area contributed by atoms with Crippen LogP contribution in [0.1, 0.15) is 30.6 Å². The van der Waals surface area contributed by atoms with Gasteiger partial charge < -0.3 is 15.5 Å². The molecule has 1 unspecified atom stereocenters. The van der Waals surface area contributed by atoms with Gasteiger partial charge in [0, 0.05) is 5.02 Å². The molecule has 98 valence electrons. The van der Waals surface area contributed by atoms with E-state index < -0.39 is 17.4 Å². The molecule has 0 fully saturated rings. The Morgan fingerprint density at radius 2 is 2.06 bits per heavy atom. The standard InChI is InChI=1S/C12H14ClNO4/c1-3-12(2,11(17)18)14-10(16)8-5-4-7(13)6-9(8)15/h4-6,15H,3H2,1-2H3,(H,14,16)(H,17,18). The molecule has 6 heteroatoms. The third kappa shape index (κ3) is 2.92. The van der Waals surface area contributed by atoms with Crippen molar-refractivity contribution in [2.45, 2.75) is 25.8 Å². The van der Waals surface area contributed by atoms with Crippen LogP contribution in [0.3, 0.4) is 0 Å². The Kier molecular flexibility index (Phi) is 4.19. The number of hydrogen-bond donors (Lipinski definition) is 3. The lowest BCUT2D eigenvalue weighted by Crippen LogP contribution is -2.51. The summed E-state index contributed by atoms with van der Waals surface area (Å²) in [7, 11) is 0. The van der Waals surface area contributed by atoms with Gasteiger partial charge in [0.25, 0.3) is 5.91 Å². The van der Waals surface area contributed by atoms with Gasteiger partial charge in [0.15, 0.2) is 0 Å². The highest BCUT2D eigenvalue weighted by Gasteiger charge is 2.33. The Morgan fingerprint density at radius 1 is 1.44 bits per heavy atom. The first kappa shape index (κ1) is 14.3. The maximum atomic E-state index is 11.9. The number of phenols is 1. The second-order valence-electron chi connectivity index (χ2n) is 4.11. The topological polar surface area (TPSA) is 86.6 Å². The van der Waals surface area contributed by atoms with Crippen LogP contribution in [0, 0.1) is 0 Å². The van der Waals surface area contributed by atoms with Crippen molar-refractivity contribution in [3.8, 4) is 5.75 Å². The monoisotopic (exact) mass is 271 g/mol. The number of amides is 1. The second kappa shape index (κ2) is 5.27. The highest BCUT2D eigenvalue weighted by Crippen LogP contribution is 2.22. The number of halogens is 1. The molecule has 1 amide bonds. The molecule has 0 saturated carbocycles. The smallest absolute Gasteiger partial charge is 0.329 e. The summed E-state index contributed by atoms with van der Waals surface area (Å²) >= 11 is 5.65. The summed E-state index contributed by atoms with van der Waals surface area (Å²) in [5, 5.41) is 21.3. The summed E-state index contributed by atoms with van der Waals surface area (Å²) < 4.78 is 0. The van der Waals surface area contributed by atoms with Crippen LogP contribution in [0.5, 0.6) is 5.75 Å². The molecular weight excluding hydrogens is 258 g/mol. The van der Waals surface area contributed by atoms with E-state index >= 15 is 0 Å². The number of phenolic OH excluding ortho intramolecular Hbond substituents is 1. The molecule has 1 aromatic carbocycles. The number of hydrogen-bond acceptors (Lipinski definition) is 3. The lowest BCUT2D eigenvalue weighted by atomic mass is 9.98. The molecule has 1 aromatic rings. The number of rotatable bonds is 4. The maximum Gasteiger partial charge on any atom is 0.329 e. The van der Waals surface area contributed by atoms with Crippen LogP contribution in [-0.2, 0) is 4.79 Å². The highest BCUT2D eigenvalue weighted by atomic mass is 35.5. The molecule has 0 aliphatic carbocycles. The fourth-order valence-electron chi connectivity index (χ4n) is 1.31. The lowest BCUT2D eigenvalue weighted by molar-refractivity contribution is -0.143. The van der Waals surface area contributed by atoms with Crippen molar-refractivity contribution in [3.05, 3.63) is 28.8 Å². The molecule has 0 bridgehead atoms. The molecule has 1 rings (SSSR count). The predicted molar refractivity (Wildman–Crippen MR) is 66.9 cm³/mol. The highest BCUT2D eigenvalue weighted by molar-refractivity contribution is 6.30. The van der Waals surface area contributed by atoms with Gasteiger partial charge in [0.2, 0.25) is 0 Å². The summed E-state index contributed by atoms with van der Waals surface area (Å²) in [6.07, 6.45) is 0.225. The van der Waals surface area contributed by atoms with Gasteiger partial charge in [-0.2, -0.15) is 0 Å². The van der Waals surface area contributed by atoms with Crippen molar-refractivity contribution >= 4 is 23.5 Å². The van der Waals surface area contributed by atoms with Gasteiger partial charge in [-0.15, -0.1) is 0 Å². The fourth-order valence-corrected chi connectivity index (χ4v) is 1.47. The van der Waals surface area contributed by atoms with E-state index in [9.17, 15) is 14.7 Å². The number of carboxylic acid groups (broad SMARTS) is 1. The van der Waals surface area contributed by atoms with E-state index in [-0.39, 0.29) is 17.7 Å². The van der Waals surface area contributed by atoms with Crippen LogP contribution < -0.4 is 5.32 Å². The maximum absolute atomic E-state index is 11.9. The summed E-state index contributed by atoms with van der Waals surface area (Å²) in [6.45, 7) is 3.05. The summed E-state index contributed by atoms with van der Waals surface area (Å²) in [6, 6.07) is 4.01. The zero-order chi connectivity index (χ0) is 13.9. The van der Waals surface area contributed by atoms with Crippen LogP contribution in [0.4, 0.5) is 0 Å². The van der Waals surface area contributed by atoms with E-state index in [0.29, 0.717) is 5.02 Å². The molecule has 0 radical (unpaired) electrons. The van der Waals surface area contributed by atoms with Crippen LogP contribution >= 0.6 is 11.6 Å². The van der Waals surface area contributed by atoms with Crippen LogP contribution in [0.25, 0.3) is 0 Å². The second-order valence-corrected chi connectivity index (χ2v) is 4.54. The average molecular weight is 272 g/mol. The SMILES string of the molecule is CCC(C)(NC(=O)c1ccc(Cl)cc1O)C(=O)O. The zero-order valence-electron chi connectivity index (χ0n) is 10.0. The largest absolute Gasteiger partial charge is 0.507 e. The summed E-state index contributed by atoms with van der Waals surface area (Å²) in [5.41, 5.74) is -1.39. The van der Waals surface area contributed by atoms with Crippen LogP contribution in [-0.4, -0.2) is 27.6 Å². The molecule has 18 heavy (non-hydrogen) atoms. The molecule has 0 heterocycles. The van der Waals surface area contributed by atoms with Crippen molar-refractivity contribution in [2.75, 3.05) is 0 Å². The van der Waals surface area contributed by atoms with E-state index in [1.165, 1.54) is 25.1 Å². The molecular formula is C12H14ClNO4. The number of nitrogens with one attached hydrogen (secondary N) is 1. The minimum absolute atomic E-state index is 0.0136. The Hall–Kier alpha value is -1.75. The van der Waals surface area contributed by atoms with Gasteiger partial charge in [-0.1, -0.05) is 18.5 Å². The molecule has 1 atom stereocenters. The third-order valence-electron chi connectivity index (χ3n) is 2.77. The molecule has 0 aliphatic rings. The Balaban J connectivity index is 2.98. The zero-order valence-corrected chi connectivity index (χ0v) is 10.8. The molecule has 0 spiro atoms. The third-order valence-corrected chi connectivity index (χ3v) is 3.01. The molecule has 0 saturated heterocycles. The van der Waals surface area contributed by atoms with Crippen molar-refractivity contribution in [1.29, 1.82) is 0 Å². The Morgan fingerprint density at radius 3 is 2.50 bits per heavy atom. The Bertz CT molecular complexity index is 489. The van der Waals surface area contributed by atoms with Crippen molar-refractivity contribution < 1.29 is 19.8 Å². The lowest BCUT2D eigenvalue weighted by Gasteiger charge is -2.24. The van der Waals surface area contributed by atoms with Crippen LogP contribution in [0.2, 0.25) is 5.02 Å². The van der Waals surface area contributed by atoms with Gasteiger partial charge in [0.05, 0.1) is 5.56 Å². The van der Waals surface area contributed by atoms with Gasteiger partial charge in [0.1, 0.15) is 11.3 Å². The van der Waals surface area contributed by atoms with E-state index in [4.69, 9.17) is 16.7 Å². The molecule has 0 aromatic heterocycles. The van der Waals surface area contributed by atoms with Gasteiger partial charge >= 0.3 is 5.97 Å². The minimum Gasteiger partial charge on any atom is -0.507 e. The van der Waals surface area contributed by atoms with E-state index in [2.05, 4.69) is 5.32 Å². The first-order valence-corrected chi connectivity index (χ1v) is 5.72. The number of aliphatic carboxylic acids is 1. The molecule has 5 nitrogen and oxygen atoms in total. The summed E-state index contributed by atoms with van der Waals surface area (Å²) in [5.74, 6) is -2.08. The van der Waals surface area contributed by atoms with Gasteiger partial charge in [-0.25, -0.2) is 4.79 Å². The quantitative estimate of drug-likeness (QED) is 0.782. The molecule has 0 aliphatic heterocycles. The first-order valence-electron chi connectivity index (χ1n) is 5.34. The fraction of sp³-hybridized carbons (Fsp3) is 0.333. The number of carboxylic acids is 1. The van der Waals surface area contributed by atoms with Crippen molar-refractivity contribution in [2.24, 2.45) is 0 Å². The Labute approximate surface area is 109 Å². The van der Waals surface area contributed by atoms with E-state index in [1.54, 1.807) is 6.92 Å². The predicted octanol–water partition coefficient (Wildman–Crippen LogP) is 2.03. The summed E-state index contributed by atoms with van der Waals surface area (Å²) in [4.78, 5) is 22.9. The van der Waals surface area contributed by atoms with Crippen molar-refractivity contribution in [1.82, 2.24) is 5.32 Å². The first-order chi connectivity index (χ1) is 8.30. The van der Waals surface area contributed by atoms with Crippen LogP contribution in [0.15, 0.2) is 18.2 Å². The number of aromatic hydroxyl groups is 1. The van der Waals surface area contributed by atoms with Crippen molar-refractivity contribution in [3.63, 3.8) is 0 Å². The number of carbonyl (C=O) groups is 2. The van der Waals surface area contributed by atoms with Gasteiger partial charge in [-0.3, -0.25) is 4.79 Å². The number of carbonyl (C=O) groups excluding carboxylic acids is 1. The van der Waals surface area contributed by atoms with Gasteiger partial charge in [-0.05, 0) is 31.5 Å². The van der Waals surface area contributed by atoms with E-state index in [0.717, 1.165) is 0 Å². The molecule has 3 N–H and O–H groups in total. The van der Waals surface area contributed by atoms with E-state index in [1.807, 2.05) is 0 Å². The minimum atomic E-state index is -1.37. The normalized spacial score (nSPS) is 13.7.